The zero-order valence-corrected chi connectivity index (χ0v) is 12.2. The predicted molar refractivity (Wildman–Crippen MR) is 76.1 cm³/mol. The first-order valence-electron chi connectivity index (χ1n) is 6.74. The summed E-state index contributed by atoms with van der Waals surface area (Å²) in [7, 11) is 0. The van der Waals surface area contributed by atoms with Crippen molar-refractivity contribution in [3.05, 3.63) is 18.2 Å². The summed E-state index contributed by atoms with van der Waals surface area (Å²) >= 11 is 0. The molecule has 0 aliphatic heterocycles. The molecule has 2 amide bonds. The fraction of sp³-hybridized carbons (Fsp3) is 0.615. The standard InChI is InChI=1S/C13H23N5O2/c1-9(2)6-15-12(19)10(3)17-13(20)11-7-18(5-4-14)8-16-11/h7-10H,4-6,14H2,1-3H3,(H,15,19)(H,17,20). The molecule has 4 N–H and O–H groups in total. The number of carbonyl (C=O) groups excluding carboxylic acids is 2. The number of carbonyl (C=O) groups is 2. The second-order valence-corrected chi connectivity index (χ2v) is 5.12. The van der Waals surface area contributed by atoms with Crippen molar-refractivity contribution < 1.29 is 9.59 Å². The van der Waals surface area contributed by atoms with Crippen LogP contribution in [0.4, 0.5) is 0 Å². The molecule has 0 spiro atoms. The molecule has 1 unspecified atom stereocenters. The lowest BCUT2D eigenvalue weighted by atomic mass is 10.2. The molecule has 7 nitrogen and oxygen atoms in total. The van der Waals surface area contributed by atoms with Gasteiger partial charge in [-0.15, -0.1) is 0 Å². The van der Waals surface area contributed by atoms with E-state index < -0.39 is 6.04 Å². The van der Waals surface area contributed by atoms with E-state index >= 15 is 0 Å². The average Bonchev–Trinajstić information content (AvgIpc) is 2.84. The van der Waals surface area contributed by atoms with Crippen molar-refractivity contribution in [1.29, 1.82) is 0 Å². The summed E-state index contributed by atoms with van der Waals surface area (Å²) in [6.07, 6.45) is 3.16. The van der Waals surface area contributed by atoms with Gasteiger partial charge in [0.1, 0.15) is 11.7 Å². The maximum atomic E-state index is 11.9. The number of nitrogens with one attached hydrogen (secondary N) is 2. The Labute approximate surface area is 118 Å². The molecule has 20 heavy (non-hydrogen) atoms. The largest absolute Gasteiger partial charge is 0.354 e. The Morgan fingerprint density at radius 1 is 1.40 bits per heavy atom. The van der Waals surface area contributed by atoms with E-state index in [0.29, 0.717) is 25.6 Å². The van der Waals surface area contributed by atoms with Crippen LogP contribution in [-0.4, -0.2) is 40.5 Å². The zero-order valence-electron chi connectivity index (χ0n) is 12.2. The van der Waals surface area contributed by atoms with Crippen molar-refractivity contribution in [2.75, 3.05) is 13.1 Å². The number of amides is 2. The summed E-state index contributed by atoms with van der Waals surface area (Å²) in [5, 5.41) is 5.39. The molecule has 1 aromatic rings. The quantitative estimate of drug-likeness (QED) is 0.640. The highest BCUT2D eigenvalue weighted by molar-refractivity contribution is 5.95. The van der Waals surface area contributed by atoms with Gasteiger partial charge in [-0.05, 0) is 12.8 Å². The van der Waals surface area contributed by atoms with Crippen molar-refractivity contribution in [3.63, 3.8) is 0 Å². The van der Waals surface area contributed by atoms with Crippen molar-refractivity contribution in [2.24, 2.45) is 11.7 Å². The summed E-state index contributed by atoms with van der Waals surface area (Å²) in [5.41, 5.74) is 5.70. The molecule has 7 heteroatoms. The molecule has 112 valence electrons. The van der Waals surface area contributed by atoms with Crippen LogP contribution in [0.15, 0.2) is 12.5 Å². The summed E-state index contributed by atoms with van der Waals surface area (Å²) in [4.78, 5) is 27.7. The molecule has 0 fully saturated rings. The lowest BCUT2D eigenvalue weighted by Crippen LogP contribution is -2.45. The summed E-state index contributed by atoms with van der Waals surface area (Å²) in [6, 6.07) is -0.596. The van der Waals surface area contributed by atoms with E-state index in [-0.39, 0.29) is 17.5 Å². The maximum absolute atomic E-state index is 11.9. The van der Waals surface area contributed by atoms with Crippen molar-refractivity contribution in [1.82, 2.24) is 20.2 Å². The van der Waals surface area contributed by atoms with Gasteiger partial charge in [-0.25, -0.2) is 4.98 Å². The van der Waals surface area contributed by atoms with E-state index in [9.17, 15) is 9.59 Å². The van der Waals surface area contributed by atoms with E-state index in [1.54, 1.807) is 24.0 Å². The Bertz CT molecular complexity index is 455. The maximum Gasteiger partial charge on any atom is 0.272 e. The molecule has 0 bridgehead atoms. The van der Waals surface area contributed by atoms with Crippen LogP contribution >= 0.6 is 0 Å². The normalized spacial score (nSPS) is 12.2. The number of hydrogen-bond donors (Lipinski definition) is 3. The van der Waals surface area contributed by atoms with E-state index in [1.807, 2.05) is 13.8 Å². The topological polar surface area (TPSA) is 102 Å². The van der Waals surface area contributed by atoms with E-state index in [2.05, 4.69) is 15.6 Å². The van der Waals surface area contributed by atoms with Gasteiger partial charge in [-0.1, -0.05) is 13.8 Å². The number of rotatable bonds is 7. The van der Waals surface area contributed by atoms with Crippen LogP contribution in [0, 0.1) is 5.92 Å². The van der Waals surface area contributed by atoms with Gasteiger partial charge < -0.3 is 20.9 Å². The van der Waals surface area contributed by atoms with Gasteiger partial charge in [0.05, 0.1) is 6.33 Å². The Morgan fingerprint density at radius 2 is 2.10 bits per heavy atom. The third kappa shape index (κ3) is 5.00. The summed E-state index contributed by atoms with van der Waals surface area (Å²) in [5.74, 6) is -0.199. The molecule has 0 aromatic carbocycles. The smallest absolute Gasteiger partial charge is 0.272 e. The lowest BCUT2D eigenvalue weighted by molar-refractivity contribution is -0.122. The molecular weight excluding hydrogens is 258 g/mol. The average molecular weight is 281 g/mol. The highest BCUT2D eigenvalue weighted by Crippen LogP contribution is 1.97. The predicted octanol–water partition coefficient (Wildman–Crippen LogP) is -0.268. The highest BCUT2D eigenvalue weighted by atomic mass is 16.2. The number of aromatic nitrogens is 2. The molecule has 0 aliphatic rings. The molecule has 1 heterocycles. The Kier molecular flexibility index (Phi) is 6.17. The van der Waals surface area contributed by atoms with Crippen LogP contribution in [-0.2, 0) is 11.3 Å². The first-order valence-corrected chi connectivity index (χ1v) is 6.74. The van der Waals surface area contributed by atoms with Crippen molar-refractivity contribution in [3.8, 4) is 0 Å². The van der Waals surface area contributed by atoms with Crippen LogP contribution in [0.25, 0.3) is 0 Å². The first kappa shape index (κ1) is 16.2. The Hall–Kier alpha value is -1.89. The third-order valence-corrected chi connectivity index (χ3v) is 2.68. The van der Waals surface area contributed by atoms with Crippen LogP contribution < -0.4 is 16.4 Å². The van der Waals surface area contributed by atoms with Crippen LogP contribution in [0.2, 0.25) is 0 Å². The first-order chi connectivity index (χ1) is 9.43. The summed E-state index contributed by atoms with van der Waals surface area (Å²) in [6.45, 7) is 7.33. The molecule has 0 radical (unpaired) electrons. The second kappa shape index (κ2) is 7.64. The van der Waals surface area contributed by atoms with Crippen molar-refractivity contribution in [2.45, 2.75) is 33.4 Å². The molecular formula is C13H23N5O2. The molecule has 0 aliphatic carbocycles. The SMILES string of the molecule is CC(C)CNC(=O)C(C)NC(=O)c1cn(CCN)cn1. The van der Waals surface area contributed by atoms with E-state index in [1.165, 1.54) is 0 Å². The summed E-state index contributed by atoms with van der Waals surface area (Å²) < 4.78 is 1.73. The lowest BCUT2D eigenvalue weighted by Gasteiger charge is -2.14. The molecule has 1 atom stereocenters. The highest BCUT2D eigenvalue weighted by Gasteiger charge is 2.17. The second-order valence-electron chi connectivity index (χ2n) is 5.12. The molecule has 0 saturated carbocycles. The number of hydrogen-bond acceptors (Lipinski definition) is 4. The van der Waals surface area contributed by atoms with Crippen LogP contribution in [0.1, 0.15) is 31.3 Å². The zero-order chi connectivity index (χ0) is 15.1. The fourth-order valence-corrected chi connectivity index (χ4v) is 1.54. The van der Waals surface area contributed by atoms with Gasteiger partial charge in [-0.3, -0.25) is 9.59 Å². The van der Waals surface area contributed by atoms with Gasteiger partial charge in [0, 0.05) is 25.8 Å². The molecule has 1 rings (SSSR count). The monoisotopic (exact) mass is 281 g/mol. The van der Waals surface area contributed by atoms with E-state index in [4.69, 9.17) is 5.73 Å². The number of imidazole rings is 1. The number of nitrogens with zero attached hydrogens (tertiary/aromatic N) is 2. The fourth-order valence-electron chi connectivity index (χ4n) is 1.54. The van der Waals surface area contributed by atoms with Crippen LogP contribution in [0.5, 0.6) is 0 Å². The van der Waals surface area contributed by atoms with E-state index in [0.717, 1.165) is 0 Å². The minimum atomic E-state index is -0.596. The minimum absolute atomic E-state index is 0.201. The molecule has 1 aromatic heterocycles. The van der Waals surface area contributed by atoms with Gasteiger partial charge in [0.25, 0.3) is 5.91 Å². The van der Waals surface area contributed by atoms with Gasteiger partial charge >= 0.3 is 0 Å². The Morgan fingerprint density at radius 3 is 2.70 bits per heavy atom. The molecule has 0 saturated heterocycles. The van der Waals surface area contributed by atoms with Gasteiger partial charge in [-0.2, -0.15) is 0 Å². The number of nitrogens with two attached hydrogens (primary N) is 1. The Balaban J connectivity index is 2.49. The van der Waals surface area contributed by atoms with Gasteiger partial charge in [0.2, 0.25) is 5.91 Å². The van der Waals surface area contributed by atoms with Crippen LogP contribution in [0.3, 0.4) is 0 Å². The minimum Gasteiger partial charge on any atom is -0.354 e. The van der Waals surface area contributed by atoms with Crippen molar-refractivity contribution >= 4 is 11.8 Å². The third-order valence-electron chi connectivity index (χ3n) is 2.68. The van der Waals surface area contributed by atoms with Gasteiger partial charge in [0.15, 0.2) is 0 Å².